The molecule has 0 aromatic heterocycles. The van der Waals surface area contributed by atoms with E-state index >= 15 is 0 Å². The highest BCUT2D eigenvalue weighted by atomic mass is 16.4. The third kappa shape index (κ3) is 4.90. The number of carboxylic acid groups (broad SMARTS) is 1. The lowest BCUT2D eigenvalue weighted by Gasteiger charge is -2.23. The van der Waals surface area contributed by atoms with Gasteiger partial charge in [-0.2, -0.15) is 0 Å². The number of hydrogen-bond acceptors (Lipinski definition) is 2. The smallest absolute Gasteiger partial charge is 0.308 e. The van der Waals surface area contributed by atoms with Crippen LogP contribution in [-0.2, 0) is 9.59 Å². The number of hydrogen-bond donors (Lipinski definition) is 1. The topological polar surface area (TPSA) is 57.6 Å². The minimum absolute atomic E-state index is 0.0384. The number of aliphatic carboxylic acids is 1. The van der Waals surface area contributed by atoms with Gasteiger partial charge in [-0.15, -0.1) is 0 Å². The molecular formula is C14H23NO3. The molecule has 1 aliphatic rings. The quantitative estimate of drug-likeness (QED) is 0.765. The van der Waals surface area contributed by atoms with Gasteiger partial charge in [0.05, 0.1) is 5.92 Å². The molecule has 4 heteroatoms. The van der Waals surface area contributed by atoms with Gasteiger partial charge >= 0.3 is 5.97 Å². The Hall–Kier alpha value is -1.32. The Balaban J connectivity index is 2.65. The summed E-state index contributed by atoms with van der Waals surface area (Å²) < 4.78 is 0. The van der Waals surface area contributed by atoms with Crippen molar-refractivity contribution in [2.75, 3.05) is 6.54 Å². The molecule has 0 bridgehead atoms. The number of carbonyl (C=O) groups is 2. The fourth-order valence-corrected chi connectivity index (χ4v) is 1.60. The van der Waals surface area contributed by atoms with E-state index in [9.17, 15) is 9.59 Å². The van der Waals surface area contributed by atoms with Crippen LogP contribution < -0.4 is 0 Å². The van der Waals surface area contributed by atoms with Gasteiger partial charge in [0.15, 0.2) is 0 Å². The molecule has 102 valence electrons. The molecule has 0 saturated heterocycles. The van der Waals surface area contributed by atoms with Gasteiger partial charge in [0, 0.05) is 12.6 Å². The van der Waals surface area contributed by atoms with Crippen LogP contribution in [0.25, 0.3) is 0 Å². The van der Waals surface area contributed by atoms with Crippen molar-refractivity contribution in [3.8, 4) is 0 Å². The van der Waals surface area contributed by atoms with E-state index in [-0.39, 0.29) is 17.4 Å². The van der Waals surface area contributed by atoms with Gasteiger partial charge in [-0.05, 0) is 24.3 Å². The van der Waals surface area contributed by atoms with Crippen LogP contribution in [0.2, 0.25) is 0 Å². The number of rotatable bonds is 5. The molecule has 1 rings (SSSR count). The third-order valence-electron chi connectivity index (χ3n) is 2.89. The standard InChI is InChI=1S/C14H23NO3/c1-10(13(17)18)9-15(11-5-6-11)12(16)7-8-14(2,3)4/h7-8,10-11H,5-6,9H2,1-4H3,(H,17,18)/b8-7+. The van der Waals surface area contributed by atoms with E-state index in [2.05, 4.69) is 0 Å². The third-order valence-corrected chi connectivity index (χ3v) is 2.89. The van der Waals surface area contributed by atoms with Crippen LogP contribution in [0.3, 0.4) is 0 Å². The number of amides is 1. The second-order valence-corrected chi connectivity index (χ2v) is 6.16. The zero-order valence-corrected chi connectivity index (χ0v) is 11.6. The van der Waals surface area contributed by atoms with Crippen molar-refractivity contribution in [2.45, 2.75) is 46.6 Å². The van der Waals surface area contributed by atoms with Gasteiger partial charge in [0.2, 0.25) is 5.91 Å². The minimum atomic E-state index is -0.853. The fourth-order valence-electron chi connectivity index (χ4n) is 1.60. The Morgan fingerprint density at radius 2 is 1.94 bits per heavy atom. The van der Waals surface area contributed by atoms with Crippen molar-refractivity contribution in [3.05, 3.63) is 12.2 Å². The molecule has 1 aliphatic carbocycles. The van der Waals surface area contributed by atoms with Gasteiger partial charge in [0.1, 0.15) is 0 Å². The predicted octanol–water partition coefficient (Wildman–Crippen LogP) is 2.30. The molecule has 1 atom stereocenters. The zero-order chi connectivity index (χ0) is 13.9. The summed E-state index contributed by atoms with van der Waals surface area (Å²) in [5, 5.41) is 8.92. The largest absolute Gasteiger partial charge is 0.481 e. The van der Waals surface area contributed by atoms with Crippen LogP contribution in [0, 0.1) is 11.3 Å². The maximum atomic E-state index is 12.1. The Morgan fingerprint density at radius 3 is 2.33 bits per heavy atom. The summed E-state index contributed by atoms with van der Waals surface area (Å²) >= 11 is 0. The molecule has 0 heterocycles. The molecule has 0 spiro atoms. The molecule has 18 heavy (non-hydrogen) atoms. The summed E-state index contributed by atoms with van der Waals surface area (Å²) in [6.45, 7) is 8.01. The molecule has 1 saturated carbocycles. The molecule has 0 aromatic rings. The van der Waals surface area contributed by atoms with E-state index in [0.717, 1.165) is 12.8 Å². The van der Waals surface area contributed by atoms with Gasteiger partial charge in [-0.25, -0.2) is 0 Å². The van der Waals surface area contributed by atoms with Gasteiger partial charge in [-0.1, -0.05) is 33.8 Å². The predicted molar refractivity (Wildman–Crippen MR) is 70.1 cm³/mol. The Morgan fingerprint density at radius 1 is 1.39 bits per heavy atom. The van der Waals surface area contributed by atoms with E-state index in [1.54, 1.807) is 17.9 Å². The maximum Gasteiger partial charge on any atom is 0.308 e. The lowest BCUT2D eigenvalue weighted by atomic mass is 9.96. The van der Waals surface area contributed by atoms with Crippen LogP contribution in [-0.4, -0.2) is 34.5 Å². The van der Waals surface area contributed by atoms with Gasteiger partial charge < -0.3 is 10.0 Å². The van der Waals surface area contributed by atoms with Crippen molar-refractivity contribution in [3.63, 3.8) is 0 Å². The van der Waals surface area contributed by atoms with Crippen LogP contribution >= 0.6 is 0 Å². The monoisotopic (exact) mass is 253 g/mol. The van der Waals surface area contributed by atoms with Crippen molar-refractivity contribution in [2.24, 2.45) is 11.3 Å². The summed E-state index contributed by atoms with van der Waals surface area (Å²) in [4.78, 5) is 24.6. The van der Waals surface area contributed by atoms with Crippen molar-refractivity contribution >= 4 is 11.9 Å². The Bertz CT molecular complexity index is 351. The maximum absolute atomic E-state index is 12.1. The van der Waals surface area contributed by atoms with Crippen molar-refractivity contribution in [1.82, 2.24) is 4.90 Å². The average Bonchev–Trinajstić information content (AvgIpc) is 3.04. The molecule has 0 aromatic carbocycles. The number of nitrogens with zero attached hydrogens (tertiary/aromatic N) is 1. The van der Waals surface area contributed by atoms with Crippen LogP contribution in [0.15, 0.2) is 12.2 Å². The highest BCUT2D eigenvalue weighted by molar-refractivity contribution is 5.88. The first kappa shape index (κ1) is 14.7. The van der Waals surface area contributed by atoms with E-state index in [1.165, 1.54) is 0 Å². The van der Waals surface area contributed by atoms with E-state index in [1.807, 2.05) is 26.8 Å². The van der Waals surface area contributed by atoms with Crippen molar-refractivity contribution in [1.29, 1.82) is 0 Å². The van der Waals surface area contributed by atoms with Crippen molar-refractivity contribution < 1.29 is 14.7 Å². The molecule has 1 unspecified atom stereocenters. The second kappa shape index (κ2) is 5.55. The van der Waals surface area contributed by atoms with Crippen LogP contribution in [0.4, 0.5) is 0 Å². The average molecular weight is 253 g/mol. The zero-order valence-electron chi connectivity index (χ0n) is 11.6. The first-order valence-electron chi connectivity index (χ1n) is 6.43. The first-order valence-corrected chi connectivity index (χ1v) is 6.43. The summed E-state index contributed by atoms with van der Waals surface area (Å²) in [5.74, 6) is -1.44. The molecular weight excluding hydrogens is 230 g/mol. The molecule has 0 radical (unpaired) electrons. The summed E-state index contributed by atoms with van der Waals surface area (Å²) in [5.41, 5.74) is -0.0384. The summed E-state index contributed by atoms with van der Waals surface area (Å²) in [7, 11) is 0. The highest BCUT2D eigenvalue weighted by Crippen LogP contribution is 2.28. The molecule has 1 amide bonds. The Kier molecular flexibility index (Phi) is 4.54. The lowest BCUT2D eigenvalue weighted by molar-refractivity contribution is -0.142. The van der Waals surface area contributed by atoms with E-state index in [0.29, 0.717) is 6.54 Å². The molecule has 1 N–H and O–H groups in total. The normalized spacial score (nSPS) is 17.8. The number of carboxylic acids is 1. The van der Waals surface area contributed by atoms with Gasteiger partial charge in [-0.3, -0.25) is 9.59 Å². The molecule has 0 aliphatic heterocycles. The number of carbonyl (C=O) groups excluding carboxylic acids is 1. The summed E-state index contributed by atoms with van der Waals surface area (Å²) in [6.07, 6.45) is 5.42. The molecule has 1 fully saturated rings. The van der Waals surface area contributed by atoms with E-state index < -0.39 is 11.9 Å². The van der Waals surface area contributed by atoms with Crippen LogP contribution in [0.1, 0.15) is 40.5 Å². The Labute approximate surface area is 109 Å². The first-order chi connectivity index (χ1) is 8.20. The second-order valence-electron chi connectivity index (χ2n) is 6.16. The van der Waals surface area contributed by atoms with E-state index in [4.69, 9.17) is 5.11 Å². The SMILES string of the molecule is CC(CN(C(=O)/C=C/C(C)(C)C)C1CC1)C(=O)O. The minimum Gasteiger partial charge on any atom is -0.481 e. The highest BCUT2D eigenvalue weighted by Gasteiger charge is 2.33. The van der Waals surface area contributed by atoms with Gasteiger partial charge in [0.25, 0.3) is 0 Å². The number of allylic oxidation sites excluding steroid dienone is 1. The lowest BCUT2D eigenvalue weighted by Crippen LogP contribution is -2.37. The van der Waals surface area contributed by atoms with Crippen LogP contribution in [0.5, 0.6) is 0 Å². The fraction of sp³-hybridized carbons (Fsp3) is 0.714. The molecule has 4 nitrogen and oxygen atoms in total. The summed E-state index contributed by atoms with van der Waals surface area (Å²) in [6, 6.07) is 0.240.